The Morgan fingerprint density at radius 2 is 2.21 bits per heavy atom. The summed E-state index contributed by atoms with van der Waals surface area (Å²) >= 11 is 0. The molecule has 1 aromatic rings. The van der Waals surface area contributed by atoms with Crippen LogP contribution in [0.2, 0.25) is 0 Å². The zero-order valence-corrected chi connectivity index (χ0v) is 11.6. The minimum absolute atomic E-state index is 0.0501. The van der Waals surface area contributed by atoms with Crippen LogP contribution in [0.3, 0.4) is 0 Å². The lowest BCUT2D eigenvalue weighted by atomic mass is 10.1. The van der Waals surface area contributed by atoms with E-state index in [0.29, 0.717) is 0 Å². The van der Waals surface area contributed by atoms with Crippen LogP contribution in [-0.2, 0) is 6.42 Å². The van der Waals surface area contributed by atoms with Crippen LogP contribution in [0.15, 0.2) is 24.3 Å². The number of hydrogen-bond donors (Lipinski definition) is 1. The van der Waals surface area contributed by atoms with Crippen LogP contribution in [0.1, 0.15) is 12.5 Å². The van der Waals surface area contributed by atoms with E-state index in [1.54, 1.807) is 19.1 Å². The van der Waals surface area contributed by atoms with Crippen molar-refractivity contribution in [1.82, 2.24) is 10.2 Å². The largest absolute Gasteiger partial charge is 0.496 e. The van der Waals surface area contributed by atoms with Crippen molar-refractivity contribution < 1.29 is 9.53 Å². The highest BCUT2D eigenvalue weighted by Crippen LogP contribution is 2.20. The first-order valence-corrected chi connectivity index (χ1v) is 6.16. The van der Waals surface area contributed by atoms with E-state index in [1.807, 2.05) is 31.2 Å². The lowest BCUT2D eigenvalue weighted by Crippen LogP contribution is -2.43. The minimum atomic E-state index is -0.166. The number of terminal acetylenes is 1. The number of nitrogens with zero attached hydrogens (tertiary/aromatic N) is 1. The first-order valence-electron chi connectivity index (χ1n) is 6.16. The molecular formula is C15H20N2O2. The summed E-state index contributed by atoms with van der Waals surface area (Å²) in [4.78, 5) is 13.4. The fourth-order valence-electron chi connectivity index (χ4n) is 1.78. The summed E-state index contributed by atoms with van der Waals surface area (Å²) in [5.74, 6) is 3.22. The zero-order valence-electron chi connectivity index (χ0n) is 11.6. The van der Waals surface area contributed by atoms with Crippen molar-refractivity contribution in [1.29, 1.82) is 0 Å². The van der Waals surface area contributed by atoms with E-state index in [9.17, 15) is 4.79 Å². The van der Waals surface area contributed by atoms with Gasteiger partial charge >= 0.3 is 6.03 Å². The summed E-state index contributed by atoms with van der Waals surface area (Å²) in [7, 11) is 3.40. The average molecular weight is 260 g/mol. The van der Waals surface area contributed by atoms with Gasteiger partial charge in [0.05, 0.1) is 13.7 Å². The lowest BCUT2D eigenvalue weighted by molar-refractivity contribution is 0.195. The normalized spacial score (nSPS) is 11.3. The van der Waals surface area contributed by atoms with E-state index in [2.05, 4.69) is 11.2 Å². The highest BCUT2D eigenvalue weighted by atomic mass is 16.5. The molecule has 0 aliphatic rings. The Kier molecular flexibility index (Phi) is 5.74. The molecule has 4 heteroatoms. The number of hydrogen-bond acceptors (Lipinski definition) is 2. The molecule has 1 aromatic carbocycles. The maximum Gasteiger partial charge on any atom is 0.318 e. The van der Waals surface area contributed by atoms with Crippen LogP contribution in [0.25, 0.3) is 0 Å². The number of rotatable bonds is 5. The summed E-state index contributed by atoms with van der Waals surface area (Å²) < 4.78 is 5.31. The highest BCUT2D eigenvalue weighted by molar-refractivity contribution is 5.74. The summed E-state index contributed by atoms with van der Waals surface area (Å²) in [6.45, 7) is 2.23. The number of benzene rings is 1. The molecule has 1 N–H and O–H groups in total. The number of amides is 2. The molecule has 0 saturated carbocycles. The van der Waals surface area contributed by atoms with Crippen LogP contribution in [0, 0.1) is 12.3 Å². The van der Waals surface area contributed by atoms with Gasteiger partial charge in [0.2, 0.25) is 0 Å². The van der Waals surface area contributed by atoms with E-state index in [4.69, 9.17) is 11.2 Å². The molecule has 0 fully saturated rings. The van der Waals surface area contributed by atoms with Crippen molar-refractivity contribution in [3.63, 3.8) is 0 Å². The number of nitrogens with one attached hydrogen (secondary N) is 1. The van der Waals surface area contributed by atoms with Crippen molar-refractivity contribution in [2.45, 2.75) is 19.4 Å². The van der Waals surface area contributed by atoms with E-state index in [-0.39, 0.29) is 18.6 Å². The van der Waals surface area contributed by atoms with Crippen molar-refractivity contribution in [3.05, 3.63) is 29.8 Å². The van der Waals surface area contributed by atoms with Gasteiger partial charge in [0.25, 0.3) is 0 Å². The number of urea groups is 1. The summed E-state index contributed by atoms with van der Waals surface area (Å²) in [5.41, 5.74) is 1.08. The number of carbonyl (C=O) groups is 1. The summed E-state index contributed by atoms with van der Waals surface area (Å²) in [6.07, 6.45) is 5.84. The topological polar surface area (TPSA) is 41.6 Å². The average Bonchev–Trinajstić information content (AvgIpc) is 2.44. The van der Waals surface area contributed by atoms with Gasteiger partial charge in [-0.1, -0.05) is 24.1 Å². The van der Waals surface area contributed by atoms with Gasteiger partial charge in [-0.15, -0.1) is 6.42 Å². The maximum atomic E-state index is 11.8. The Balaban J connectivity index is 2.66. The zero-order chi connectivity index (χ0) is 14.3. The van der Waals surface area contributed by atoms with Gasteiger partial charge in [-0.3, -0.25) is 0 Å². The molecule has 0 bridgehead atoms. The molecule has 102 valence electrons. The summed E-state index contributed by atoms with van der Waals surface area (Å²) in [5, 5.41) is 2.65. The fourth-order valence-corrected chi connectivity index (χ4v) is 1.78. The number of ether oxygens (including phenoxy) is 1. The van der Waals surface area contributed by atoms with Gasteiger partial charge in [-0.25, -0.2) is 4.79 Å². The monoisotopic (exact) mass is 260 g/mol. The number of para-hydroxylation sites is 1. The molecule has 1 atom stereocenters. The number of methoxy groups -OCH3 is 1. The van der Waals surface area contributed by atoms with E-state index in [1.165, 1.54) is 0 Å². The molecule has 0 unspecified atom stereocenters. The Morgan fingerprint density at radius 1 is 1.53 bits per heavy atom. The first kappa shape index (κ1) is 14.9. The molecule has 4 nitrogen and oxygen atoms in total. The number of carbonyl (C=O) groups excluding carboxylic acids is 1. The Bertz CT molecular complexity index is 465. The maximum absolute atomic E-state index is 11.8. The standard InChI is InChI=1S/C15H20N2O2/c1-5-10-16-15(18)17(3)12(2)11-13-8-6-7-9-14(13)19-4/h1,6-9,12H,10-11H2,2-4H3,(H,16,18)/t12-/m0/s1. The van der Waals surface area contributed by atoms with E-state index < -0.39 is 0 Å². The van der Waals surface area contributed by atoms with Gasteiger partial charge in [0.1, 0.15) is 5.75 Å². The van der Waals surface area contributed by atoms with Gasteiger partial charge in [0, 0.05) is 13.1 Å². The second-order valence-electron chi connectivity index (χ2n) is 4.34. The highest BCUT2D eigenvalue weighted by Gasteiger charge is 2.16. The molecule has 2 amide bonds. The third-order valence-electron chi connectivity index (χ3n) is 3.03. The van der Waals surface area contributed by atoms with E-state index in [0.717, 1.165) is 17.7 Å². The van der Waals surface area contributed by atoms with Crippen LogP contribution in [-0.4, -0.2) is 37.7 Å². The van der Waals surface area contributed by atoms with Gasteiger partial charge in [0.15, 0.2) is 0 Å². The predicted octanol–water partition coefficient (Wildman–Crippen LogP) is 1.90. The van der Waals surface area contributed by atoms with Crippen molar-refractivity contribution in [3.8, 4) is 18.1 Å². The second-order valence-corrected chi connectivity index (χ2v) is 4.34. The molecule has 0 radical (unpaired) electrons. The predicted molar refractivity (Wildman–Crippen MR) is 76.2 cm³/mol. The van der Waals surface area contributed by atoms with Crippen molar-refractivity contribution >= 4 is 6.03 Å². The molecule has 0 aliphatic carbocycles. The van der Waals surface area contributed by atoms with Gasteiger partial charge in [-0.2, -0.15) is 0 Å². The van der Waals surface area contributed by atoms with Crippen LogP contribution >= 0.6 is 0 Å². The molecular weight excluding hydrogens is 240 g/mol. The fraction of sp³-hybridized carbons (Fsp3) is 0.400. The third-order valence-corrected chi connectivity index (χ3v) is 3.03. The van der Waals surface area contributed by atoms with Gasteiger partial charge in [-0.05, 0) is 25.0 Å². The van der Waals surface area contributed by atoms with Crippen LogP contribution < -0.4 is 10.1 Å². The quantitative estimate of drug-likeness (QED) is 0.822. The molecule has 0 spiro atoms. The first-order chi connectivity index (χ1) is 9.10. The SMILES string of the molecule is C#CCNC(=O)N(C)[C@@H](C)Cc1ccccc1OC. The Morgan fingerprint density at radius 3 is 2.84 bits per heavy atom. The Hall–Kier alpha value is -2.15. The van der Waals surface area contributed by atoms with Crippen molar-refractivity contribution in [2.75, 3.05) is 20.7 Å². The number of likely N-dealkylation sites (N-methyl/N-ethyl adjacent to an activating group) is 1. The molecule has 19 heavy (non-hydrogen) atoms. The molecule has 0 aromatic heterocycles. The molecule has 1 rings (SSSR count). The minimum Gasteiger partial charge on any atom is -0.496 e. The van der Waals surface area contributed by atoms with Crippen LogP contribution in [0.4, 0.5) is 4.79 Å². The smallest absolute Gasteiger partial charge is 0.318 e. The molecule has 0 aliphatic heterocycles. The van der Waals surface area contributed by atoms with Crippen molar-refractivity contribution in [2.24, 2.45) is 0 Å². The summed E-state index contributed by atoms with van der Waals surface area (Å²) in [6, 6.07) is 7.69. The molecule has 0 saturated heterocycles. The second kappa shape index (κ2) is 7.32. The third kappa shape index (κ3) is 4.22. The molecule has 0 heterocycles. The van der Waals surface area contributed by atoms with Crippen LogP contribution in [0.5, 0.6) is 5.75 Å². The Labute approximate surface area is 114 Å². The van der Waals surface area contributed by atoms with E-state index >= 15 is 0 Å². The van der Waals surface area contributed by atoms with Gasteiger partial charge < -0.3 is 15.0 Å². The lowest BCUT2D eigenvalue weighted by Gasteiger charge is -2.25.